The molecule has 0 aromatic carbocycles. The molecule has 0 amide bonds. The number of ether oxygens (including phenoxy) is 1. The van der Waals surface area contributed by atoms with E-state index in [-0.39, 0.29) is 5.56 Å². The first-order valence-corrected chi connectivity index (χ1v) is 6.61. The Balaban J connectivity index is 1.89. The SMILES string of the molecule is Cc1oc(COC2CCCCCC2)cc1C(=O)O. The molecule has 4 heteroatoms. The number of carboxylic acid groups (broad SMARTS) is 1. The van der Waals surface area contributed by atoms with Gasteiger partial charge in [0.15, 0.2) is 0 Å². The average molecular weight is 252 g/mol. The lowest BCUT2D eigenvalue weighted by Crippen LogP contribution is -2.11. The third-order valence-electron chi connectivity index (χ3n) is 3.46. The predicted octanol–water partition coefficient (Wildman–Crippen LogP) is 3.53. The van der Waals surface area contributed by atoms with E-state index in [1.807, 2.05) is 0 Å². The molecule has 0 bridgehead atoms. The van der Waals surface area contributed by atoms with Gasteiger partial charge >= 0.3 is 5.97 Å². The molecule has 1 N–H and O–H groups in total. The van der Waals surface area contributed by atoms with E-state index in [0.29, 0.717) is 24.2 Å². The Labute approximate surface area is 107 Å². The van der Waals surface area contributed by atoms with Crippen molar-refractivity contribution < 1.29 is 19.1 Å². The summed E-state index contributed by atoms with van der Waals surface area (Å²) in [7, 11) is 0. The van der Waals surface area contributed by atoms with E-state index in [1.165, 1.54) is 25.7 Å². The Hall–Kier alpha value is -1.29. The molecule has 4 nitrogen and oxygen atoms in total. The molecule has 1 aromatic heterocycles. The standard InChI is InChI=1S/C14H20O4/c1-10-13(14(15)16)8-12(18-10)9-17-11-6-4-2-3-5-7-11/h8,11H,2-7,9H2,1H3,(H,15,16). The number of aromatic carboxylic acids is 1. The fourth-order valence-electron chi connectivity index (χ4n) is 2.44. The summed E-state index contributed by atoms with van der Waals surface area (Å²) in [5, 5.41) is 8.93. The molecule has 1 fully saturated rings. The molecule has 18 heavy (non-hydrogen) atoms. The van der Waals surface area contributed by atoms with Gasteiger partial charge in [-0.1, -0.05) is 25.7 Å². The predicted molar refractivity (Wildman–Crippen MR) is 66.7 cm³/mol. The summed E-state index contributed by atoms with van der Waals surface area (Å²) in [6, 6.07) is 1.56. The van der Waals surface area contributed by atoms with Crippen LogP contribution in [0, 0.1) is 6.92 Å². The van der Waals surface area contributed by atoms with Crippen LogP contribution in [0.4, 0.5) is 0 Å². The van der Waals surface area contributed by atoms with E-state index in [4.69, 9.17) is 14.3 Å². The van der Waals surface area contributed by atoms with Crippen molar-refractivity contribution in [2.24, 2.45) is 0 Å². The van der Waals surface area contributed by atoms with Gasteiger partial charge in [0.1, 0.15) is 23.7 Å². The quantitative estimate of drug-likeness (QED) is 0.833. The molecule has 1 aliphatic rings. The molecule has 0 unspecified atom stereocenters. The number of hydrogen-bond acceptors (Lipinski definition) is 3. The van der Waals surface area contributed by atoms with Crippen molar-refractivity contribution in [2.75, 3.05) is 0 Å². The fourth-order valence-corrected chi connectivity index (χ4v) is 2.44. The first-order valence-electron chi connectivity index (χ1n) is 6.61. The van der Waals surface area contributed by atoms with Crippen molar-refractivity contribution in [3.63, 3.8) is 0 Å². The summed E-state index contributed by atoms with van der Waals surface area (Å²) in [5.41, 5.74) is 0.231. The lowest BCUT2D eigenvalue weighted by molar-refractivity contribution is 0.0216. The molecule has 0 aliphatic heterocycles. The number of rotatable bonds is 4. The summed E-state index contributed by atoms with van der Waals surface area (Å²) >= 11 is 0. The van der Waals surface area contributed by atoms with Crippen LogP contribution in [-0.4, -0.2) is 17.2 Å². The van der Waals surface area contributed by atoms with Gasteiger partial charge in [-0.25, -0.2) is 4.79 Å². The van der Waals surface area contributed by atoms with Crippen molar-refractivity contribution >= 4 is 5.97 Å². The zero-order valence-corrected chi connectivity index (χ0v) is 10.8. The number of hydrogen-bond donors (Lipinski definition) is 1. The minimum absolute atomic E-state index is 0.231. The Morgan fingerprint density at radius 3 is 2.61 bits per heavy atom. The Bertz CT molecular complexity index is 400. The van der Waals surface area contributed by atoms with Crippen molar-refractivity contribution in [3.05, 3.63) is 23.2 Å². The van der Waals surface area contributed by atoms with Crippen molar-refractivity contribution in [1.29, 1.82) is 0 Å². The molecule has 2 rings (SSSR count). The largest absolute Gasteiger partial charge is 0.478 e. The summed E-state index contributed by atoms with van der Waals surface area (Å²) in [6.45, 7) is 2.04. The summed E-state index contributed by atoms with van der Waals surface area (Å²) < 4.78 is 11.2. The molecule has 1 saturated carbocycles. The Morgan fingerprint density at radius 1 is 1.39 bits per heavy atom. The topological polar surface area (TPSA) is 59.7 Å². The van der Waals surface area contributed by atoms with Crippen LogP contribution in [0.3, 0.4) is 0 Å². The first-order chi connectivity index (χ1) is 8.66. The summed E-state index contributed by atoms with van der Waals surface area (Å²) in [4.78, 5) is 10.9. The third kappa shape index (κ3) is 3.35. The highest BCUT2D eigenvalue weighted by Crippen LogP contribution is 2.22. The van der Waals surface area contributed by atoms with Gasteiger partial charge < -0.3 is 14.3 Å². The second kappa shape index (κ2) is 6.05. The van der Waals surface area contributed by atoms with Gasteiger partial charge in [-0.05, 0) is 25.8 Å². The van der Waals surface area contributed by atoms with E-state index >= 15 is 0 Å². The van der Waals surface area contributed by atoms with Crippen LogP contribution in [0.1, 0.15) is 60.4 Å². The van der Waals surface area contributed by atoms with E-state index in [0.717, 1.165) is 12.8 Å². The molecule has 1 aliphatic carbocycles. The zero-order chi connectivity index (χ0) is 13.0. The monoisotopic (exact) mass is 252 g/mol. The van der Waals surface area contributed by atoms with Crippen LogP contribution in [0.5, 0.6) is 0 Å². The average Bonchev–Trinajstić information content (AvgIpc) is 2.55. The van der Waals surface area contributed by atoms with Crippen LogP contribution >= 0.6 is 0 Å². The van der Waals surface area contributed by atoms with Crippen LogP contribution in [-0.2, 0) is 11.3 Å². The smallest absolute Gasteiger partial charge is 0.339 e. The fraction of sp³-hybridized carbons (Fsp3) is 0.643. The van der Waals surface area contributed by atoms with Gasteiger partial charge in [0.2, 0.25) is 0 Å². The van der Waals surface area contributed by atoms with Crippen molar-refractivity contribution in [1.82, 2.24) is 0 Å². The van der Waals surface area contributed by atoms with Gasteiger partial charge in [0, 0.05) is 0 Å². The van der Waals surface area contributed by atoms with Gasteiger partial charge in [-0.15, -0.1) is 0 Å². The zero-order valence-electron chi connectivity index (χ0n) is 10.8. The second-order valence-electron chi connectivity index (χ2n) is 4.91. The summed E-state index contributed by atoms with van der Waals surface area (Å²) in [5.74, 6) is 0.105. The molecular weight excluding hydrogens is 232 g/mol. The first kappa shape index (κ1) is 13.1. The molecule has 0 spiro atoms. The highest BCUT2D eigenvalue weighted by molar-refractivity contribution is 5.88. The van der Waals surface area contributed by atoms with Crippen LogP contribution in [0.2, 0.25) is 0 Å². The molecule has 100 valence electrons. The number of carboxylic acids is 1. The van der Waals surface area contributed by atoms with Crippen LogP contribution < -0.4 is 0 Å². The lowest BCUT2D eigenvalue weighted by Gasteiger charge is -2.13. The maximum atomic E-state index is 10.9. The minimum Gasteiger partial charge on any atom is -0.478 e. The Morgan fingerprint density at radius 2 is 2.06 bits per heavy atom. The van der Waals surface area contributed by atoms with E-state index in [2.05, 4.69) is 0 Å². The van der Waals surface area contributed by atoms with E-state index in [9.17, 15) is 4.79 Å². The molecule has 1 heterocycles. The molecule has 0 radical (unpaired) electrons. The van der Waals surface area contributed by atoms with Crippen molar-refractivity contribution in [2.45, 2.75) is 58.2 Å². The lowest BCUT2D eigenvalue weighted by atomic mass is 10.1. The highest BCUT2D eigenvalue weighted by atomic mass is 16.5. The van der Waals surface area contributed by atoms with Gasteiger partial charge in [-0.2, -0.15) is 0 Å². The van der Waals surface area contributed by atoms with Gasteiger partial charge in [0.25, 0.3) is 0 Å². The van der Waals surface area contributed by atoms with Gasteiger partial charge in [0.05, 0.1) is 6.10 Å². The number of aryl methyl sites for hydroxylation is 1. The van der Waals surface area contributed by atoms with Gasteiger partial charge in [-0.3, -0.25) is 0 Å². The highest BCUT2D eigenvalue weighted by Gasteiger charge is 2.16. The normalized spacial score (nSPS) is 17.6. The minimum atomic E-state index is -0.947. The van der Waals surface area contributed by atoms with E-state index < -0.39 is 5.97 Å². The maximum absolute atomic E-state index is 10.9. The van der Waals surface area contributed by atoms with E-state index in [1.54, 1.807) is 13.0 Å². The van der Waals surface area contributed by atoms with Crippen LogP contribution in [0.15, 0.2) is 10.5 Å². The number of carbonyl (C=O) groups is 1. The molecular formula is C14H20O4. The molecule has 1 aromatic rings. The summed E-state index contributed by atoms with van der Waals surface area (Å²) in [6.07, 6.45) is 7.54. The Kier molecular flexibility index (Phi) is 4.42. The molecule has 0 atom stereocenters. The van der Waals surface area contributed by atoms with Crippen LogP contribution in [0.25, 0.3) is 0 Å². The molecule has 0 saturated heterocycles. The number of furan rings is 1. The second-order valence-corrected chi connectivity index (χ2v) is 4.91. The third-order valence-corrected chi connectivity index (χ3v) is 3.46. The maximum Gasteiger partial charge on any atom is 0.339 e. The van der Waals surface area contributed by atoms with Crippen molar-refractivity contribution in [3.8, 4) is 0 Å².